The predicted molar refractivity (Wildman–Crippen MR) is 132 cm³/mol. The number of hydrogen-bond acceptors (Lipinski definition) is 9. The van der Waals surface area contributed by atoms with Crippen LogP contribution in [0.25, 0.3) is 11.1 Å². The summed E-state index contributed by atoms with van der Waals surface area (Å²) in [5.41, 5.74) is 5.05. The number of phenolic OH excluding ortho intramolecular Hbond substituents is 1. The second kappa shape index (κ2) is 11.6. The number of carbonyl (C=O) groups is 4. The van der Waals surface area contributed by atoms with Gasteiger partial charge in [-0.25, -0.2) is 0 Å². The molecule has 10 heteroatoms. The van der Waals surface area contributed by atoms with E-state index in [1.807, 2.05) is 0 Å². The molecule has 3 rings (SSSR count). The van der Waals surface area contributed by atoms with Gasteiger partial charge in [-0.2, -0.15) is 0 Å². The lowest BCUT2D eigenvalue weighted by Gasteiger charge is -2.36. The summed E-state index contributed by atoms with van der Waals surface area (Å²) in [5, 5.41) is 40.9. The summed E-state index contributed by atoms with van der Waals surface area (Å²) in [7, 11) is 1.44. The molecule has 0 heterocycles. The molecule has 0 unspecified atom stereocenters. The van der Waals surface area contributed by atoms with Crippen LogP contribution in [0.4, 0.5) is 0 Å². The van der Waals surface area contributed by atoms with E-state index in [-0.39, 0.29) is 42.8 Å². The lowest BCUT2D eigenvalue weighted by molar-refractivity contribution is -0.153. The molecule has 10 nitrogen and oxygen atoms in total. The number of methoxy groups -OCH3 is 1. The highest BCUT2D eigenvalue weighted by atomic mass is 16.5. The van der Waals surface area contributed by atoms with Crippen molar-refractivity contribution >= 4 is 23.8 Å². The molecule has 0 spiro atoms. The van der Waals surface area contributed by atoms with Gasteiger partial charge in [0.15, 0.2) is 17.9 Å². The minimum Gasteiger partial charge on any atom is -0.507 e. The third kappa shape index (κ3) is 5.71. The van der Waals surface area contributed by atoms with Crippen molar-refractivity contribution in [2.75, 3.05) is 20.3 Å². The minimum atomic E-state index is -2.32. The van der Waals surface area contributed by atoms with Gasteiger partial charge in [0, 0.05) is 13.0 Å². The van der Waals surface area contributed by atoms with Crippen molar-refractivity contribution in [1.82, 2.24) is 0 Å². The molecule has 0 saturated heterocycles. The molecule has 0 bridgehead atoms. The van der Waals surface area contributed by atoms with Gasteiger partial charge in [-0.3, -0.25) is 19.2 Å². The van der Waals surface area contributed by atoms with Crippen LogP contribution in [-0.2, 0) is 16.0 Å². The van der Waals surface area contributed by atoms with Crippen LogP contribution >= 0.6 is 0 Å². The Labute approximate surface area is 213 Å². The third-order valence-corrected chi connectivity index (χ3v) is 7.03. The lowest BCUT2D eigenvalue weighted by Crippen LogP contribution is -2.51. The van der Waals surface area contributed by atoms with Crippen LogP contribution in [0.15, 0.2) is 30.3 Å². The monoisotopic (exact) mass is 513 g/mol. The average Bonchev–Trinajstić information content (AvgIpc) is 2.87. The lowest BCUT2D eigenvalue weighted by atomic mass is 9.71. The molecule has 0 aliphatic heterocycles. The number of carbonyl (C=O) groups excluding carboxylic acids is 4. The van der Waals surface area contributed by atoms with Gasteiger partial charge in [-0.1, -0.05) is 12.1 Å². The highest BCUT2D eigenvalue weighted by Gasteiger charge is 2.45. The molecule has 37 heavy (non-hydrogen) atoms. The number of ether oxygens (including phenoxy) is 1. The summed E-state index contributed by atoms with van der Waals surface area (Å²) in [6.45, 7) is -1.38. The summed E-state index contributed by atoms with van der Waals surface area (Å²) < 4.78 is 5.20. The van der Waals surface area contributed by atoms with Crippen LogP contribution in [0.5, 0.6) is 11.5 Å². The van der Waals surface area contributed by atoms with E-state index in [2.05, 4.69) is 0 Å². The Morgan fingerprint density at radius 2 is 1.95 bits per heavy atom. The fraction of sp³-hybridized carbons (Fsp3) is 0.407. The summed E-state index contributed by atoms with van der Waals surface area (Å²) in [6, 6.07) is 8.04. The largest absolute Gasteiger partial charge is 0.507 e. The number of benzene rings is 2. The smallest absolute Gasteiger partial charge is 0.224 e. The number of ketones is 2. The Hall–Kier alpha value is -3.60. The van der Waals surface area contributed by atoms with E-state index in [0.717, 1.165) is 0 Å². The number of aldehydes is 1. The Morgan fingerprint density at radius 3 is 2.54 bits per heavy atom. The molecule has 3 atom stereocenters. The Morgan fingerprint density at radius 1 is 1.22 bits per heavy atom. The van der Waals surface area contributed by atoms with Crippen LogP contribution in [-0.4, -0.2) is 70.1 Å². The molecular formula is C27H31NO9. The number of nitrogens with two attached hydrogens (primary N) is 1. The Bertz CT molecular complexity index is 1210. The Balaban J connectivity index is 2.01. The van der Waals surface area contributed by atoms with Crippen molar-refractivity contribution in [2.45, 2.75) is 37.7 Å². The molecule has 1 aliphatic rings. The SMILES string of the molecule is COc1ccc(-c2ccc(O)c3c2C[C@@H](C[C@@H](CCO)[C@](O)(CO)C(=O)CC(N)=O)CC3=O)cc1C=O. The summed E-state index contributed by atoms with van der Waals surface area (Å²) in [6.07, 6.45) is 0.166. The van der Waals surface area contributed by atoms with E-state index < -0.39 is 48.8 Å². The number of amides is 1. The maximum absolute atomic E-state index is 13.1. The summed E-state index contributed by atoms with van der Waals surface area (Å²) in [5.74, 6) is -3.43. The van der Waals surface area contributed by atoms with Crippen LogP contribution in [0.2, 0.25) is 0 Å². The molecule has 2 aromatic rings. The molecule has 0 fully saturated rings. The summed E-state index contributed by atoms with van der Waals surface area (Å²) >= 11 is 0. The van der Waals surface area contributed by atoms with Gasteiger partial charge in [-0.05, 0) is 66.0 Å². The van der Waals surface area contributed by atoms with Crippen molar-refractivity contribution in [3.05, 3.63) is 47.0 Å². The fourth-order valence-corrected chi connectivity index (χ4v) is 5.18. The zero-order chi connectivity index (χ0) is 27.3. The fourth-order valence-electron chi connectivity index (χ4n) is 5.18. The van der Waals surface area contributed by atoms with E-state index in [4.69, 9.17) is 10.5 Å². The van der Waals surface area contributed by atoms with Gasteiger partial charge in [-0.15, -0.1) is 0 Å². The molecule has 198 valence electrons. The first-order valence-electron chi connectivity index (χ1n) is 11.9. The number of Topliss-reactive ketones (excluding diaryl/α,β-unsaturated/α-hetero) is 2. The van der Waals surface area contributed by atoms with Gasteiger partial charge in [0.1, 0.15) is 17.1 Å². The number of aliphatic hydroxyl groups excluding tert-OH is 2. The number of rotatable bonds is 12. The van der Waals surface area contributed by atoms with Crippen molar-refractivity contribution in [2.24, 2.45) is 17.6 Å². The van der Waals surface area contributed by atoms with E-state index in [9.17, 15) is 39.6 Å². The molecule has 0 aromatic heterocycles. The minimum absolute atomic E-state index is 0.000337. The molecule has 0 radical (unpaired) electrons. The molecule has 1 amide bonds. The van der Waals surface area contributed by atoms with Crippen molar-refractivity contribution in [3.8, 4) is 22.6 Å². The van der Waals surface area contributed by atoms with Gasteiger partial charge in [0.05, 0.1) is 31.3 Å². The maximum Gasteiger partial charge on any atom is 0.224 e. The van der Waals surface area contributed by atoms with Crippen LogP contribution in [0, 0.1) is 11.8 Å². The maximum atomic E-state index is 13.1. The highest BCUT2D eigenvalue weighted by molar-refractivity contribution is 6.03. The molecule has 6 N–H and O–H groups in total. The number of phenols is 1. The normalized spacial score (nSPS) is 17.4. The van der Waals surface area contributed by atoms with Gasteiger partial charge < -0.3 is 30.9 Å². The first-order chi connectivity index (χ1) is 17.6. The van der Waals surface area contributed by atoms with E-state index in [1.165, 1.54) is 13.2 Å². The number of fused-ring (bicyclic) bond motifs is 1. The molecular weight excluding hydrogens is 482 g/mol. The zero-order valence-electron chi connectivity index (χ0n) is 20.5. The Kier molecular flexibility index (Phi) is 8.80. The van der Waals surface area contributed by atoms with Crippen molar-refractivity contribution < 1.29 is 44.3 Å². The number of hydrogen-bond donors (Lipinski definition) is 5. The highest BCUT2D eigenvalue weighted by Crippen LogP contribution is 2.42. The first-order valence-corrected chi connectivity index (χ1v) is 11.9. The quantitative estimate of drug-likeness (QED) is 0.205. The summed E-state index contributed by atoms with van der Waals surface area (Å²) in [4.78, 5) is 48.6. The van der Waals surface area contributed by atoms with Crippen LogP contribution < -0.4 is 10.5 Å². The number of aliphatic hydroxyl groups is 3. The zero-order valence-corrected chi connectivity index (χ0v) is 20.5. The van der Waals surface area contributed by atoms with Crippen molar-refractivity contribution in [3.63, 3.8) is 0 Å². The van der Waals surface area contributed by atoms with Gasteiger partial charge >= 0.3 is 0 Å². The third-order valence-electron chi connectivity index (χ3n) is 7.03. The standard InChI is InChI=1S/C27H31NO9/c1-37-23-5-2-16(11-17(23)13-30)19-3-4-21(32)26-20(19)9-15(10-22(26)33)8-18(6-7-29)27(36,14-31)24(34)12-25(28)35/h2-5,11,13,15,18,29,31-32,36H,6-10,12,14H2,1H3,(H2,28,35)/t15-,18-,27-/m1/s1. The van der Waals surface area contributed by atoms with Gasteiger partial charge in [0.25, 0.3) is 0 Å². The average molecular weight is 514 g/mol. The second-order valence-corrected chi connectivity index (χ2v) is 9.35. The topological polar surface area (TPSA) is 184 Å². The number of primary amides is 1. The predicted octanol–water partition coefficient (Wildman–Crippen LogP) is 1.18. The van der Waals surface area contributed by atoms with Crippen LogP contribution in [0.1, 0.15) is 52.0 Å². The van der Waals surface area contributed by atoms with Crippen molar-refractivity contribution in [1.29, 1.82) is 0 Å². The van der Waals surface area contributed by atoms with E-state index >= 15 is 0 Å². The molecule has 1 aliphatic carbocycles. The van der Waals surface area contributed by atoms with E-state index in [1.54, 1.807) is 24.3 Å². The first kappa shape index (κ1) is 28.0. The second-order valence-electron chi connectivity index (χ2n) is 9.35. The molecule has 2 aromatic carbocycles. The van der Waals surface area contributed by atoms with Crippen LogP contribution in [0.3, 0.4) is 0 Å². The van der Waals surface area contributed by atoms with E-state index in [0.29, 0.717) is 34.3 Å². The number of aromatic hydroxyl groups is 1. The molecule has 0 saturated carbocycles. The van der Waals surface area contributed by atoms with Gasteiger partial charge in [0.2, 0.25) is 5.91 Å².